The van der Waals surface area contributed by atoms with Crippen LogP contribution in [0.25, 0.3) is 0 Å². The highest BCUT2D eigenvalue weighted by Crippen LogP contribution is 2.05. The first-order valence-corrected chi connectivity index (χ1v) is 3.78. The topological polar surface area (TPSA) is 77.2 Å². The maximum absolute atomic E-state index is 10.8. The van der Waals surface area contributed by atoms with Crippen molar-refractivity contribution in [2.45, 2.75) is 19.6 Å². The quantitative estimate of drug-likeness (QED) is 0.642. The summed E-state index contributed by atoms with van der Waals surface area (Å²) >= 11 is 0. The Morgan fingerprint density at radius 3 is 3.00 bits per heavy atom. The molecule has 6 heteroatoms. The molecule has 1 heterocycles. The summed E-state index contributed by atoms with van der Waals surface area (Å²) in [6, 6.07) is 0. The van der Waals surface area contributed by atoms with Crippen molar-refractivity contribution >= 4 is 5.97 Å². The number of hydrogen-bond donors (Lipinski definition) is 1. The number of aromatic nitrogens is 3. The highest BCUT2D eigenvalue weighted by molar-refractivity contribution is 5.68. The second-order valence-corrected chi connectivity index (χ2v) is 2.59. The molecular formula is C7H11N3O3. The number of hydrogen-bond acceptors (Lipinski definition) is 5. The lowest BCUT2D eigenvalue weighted by molar-refractivity contribution is -0.141. The molecule has 0 saturated heterocycles. The zero-order valence-corrected chi connectivity index (χ0v) is 7.47. The zero-order valence-electron chi connectivity index (χ0n) is 7.47. The minimum atomic E-state index is -0.675. The van der Waals surface area contributed by atoms with E-state index in [-0.39, 0.29) is 6.54 Å². The lowest BCUT2D eigenvalue weighted by Crippen LogP contribution is -2.11. The van der Waals surface area contributed by atoms with Gasteiger partial charge >= 0.3 is 5.97 Å². The van der Waals surface area contributed by atoms with Crippen molar-refractivity contribution in [2.24, 2.45) is 0 Å². The molecule has 1 unspecified atom stereocenters. The van der Waals surface area contributed by atoms with Crippen LogP contribution in [0.1, 0.15) is 18.7 Å². The molecule has 0 bridgehead atoms. The van der Waals surface area contributed by atoms with E-state index in [9.17, 15) is 4.79 Å². The number of rotatable bonds is 3. The lowest BCUT2D eigenvalue weighted by Gasteiger charge is -1.97. The van der Waals surface area contributed by atoms with Gasteiger partial charge in [0, 0.05) is 0 Å². The van der Waals surface area contributed by atoms with Crippen LogP contribution in [0.2, 0.25) is 0 Å². The predicted octanol–water partition coefficient (Wildman–Crippen LogP) is -0.496. The molecule has 1 rings (SSSR count). The van der Waals surface area contributed by atoms with E-state index in [1.165, 1.54) is 18.0 Å². The number of ether oxygens (including phenoxy) is 1. The standard InChI is InChI=1S/C7H11N3O3/c1-5(11)6-3-10(9-8-6)4-7(12)13-2/h3,5,11H,4H2,1-2H3. The van der Waals surface area contributed by atoms with Crippen molar-refractivity contribution in [1.29, 1.82) is 0 Å². The van der Waals surface area contributed by atoms with Crippen molar-refractivity contribution in [1.82, 2.24) is 15.0 Å². The van der Waals surface area contributed by atoms with E-state index in [1.54, 1.807) is 6.92 Å². The van der Waals surface area contributed by atoms with Gasteiger partial charge in [-0.15, -0.1) is 5.10 Å². The van der Waals surface area contributed by atoms with Crippen LogP contribution in [-0.4, -0.2) is 33.2 Å². The Hall–Kier alpha value is -1.43. The highest BCUT2D eigenvalue weighted by atomic mass is 16.5. The fraction of sp³-hybridized carbons (Fsp3) is 0.571. The van der Waals surface area contributed by atoms with Crippen LogP contribution in [0.15, 0.2) is 6.20 Å². The second kappa shape index (κ2) is 3.99. The molecule has 0 saturated carbocycles. The molecular weight excluding hydrogens is 174 g/mol. The molecule has 6 nitrogen and oxygen atoms in total. The molecule has 1 atom stereocenters. The van der Waals surface area contributed by atoms with Crippen LogP contribution in [0.4, 0.5) is 0 Å². The highest BCUT2D eigenvalue weighted by Gasteiger charge is 2.08. The molecule has 0 aliphatic heterocycles. The Kier molecular flexibility index (Phi) is 2.97. The van der Waals surface area contributed by atoms with Gasteiger partial charge in [-0.1, -0.05) is 5.21 Å². The van der Waals surface area contributed by atoms with Crippen LogP contribution in [0.5, 0.6) is 0 Å². The van der Waals surface area contributed by atoms with E-state index in [2.05, 4.69) is 15.0 Å². The summed E-state index contributed by atoms with van der Waals surface area (Å²) in [5.41, 5.74) is 0.434. The van der Waals surface area contributed by atoms with Gasteiger partial charge in [0.15, 0.2) is 0 Å². The summed E-state index contributed by atoms with van der Waals surface area (Å²) in [5.74, 6) is -0.401. The third-order valence-electron chi connectivity index (χ3n) is 1.50. The smallest absolute Gasteiger partial charge is 0.327 e. The van der Waals surface area contributed by atoms with E-state index in [0.717, 1.165) is 0 Å². The predicted molar refractivity (Wildman–Crippen MR) is 42.7 cm³/mol. The molecule has 1 N–H and O–H groups in total. The summed E-state index contributed by atoms with van der Waals surface area (Å²) in [7, 11) is 1.30. The van der Waals surface area contributed by atoms with Crippen molar-refractivity contribution in [3.05, 3.63) is 11.9 Å². The Morgan fingerprint density at radius 1 is 1.85 bits per heavy atom. The average molecular weight is 185 g/mol. The van der Waals surface area contributed by atoms with Crippen LogP contribution < -0.4 is 0 Å². The fourth-order valence-electron chi connectivity index (χ4n) is 0.779. The molecule has 0 radical (unpaired) electrons. The Morgan fingerprint density at radius 2 is 2.54 bits per heavy atom. The Bertz CT molecular complexity index is 295. The molecule has 0 amide bonds. The van der Waals surface area contributed by atoms with Gasteiger partial charge in [0.1, 0.15) is 12.2 Å². The number of aliphatic hydroxyl groups is 1. The average Bonchev–Trinajstić information content (AvgIpc) is 2.52. The summed E-state index contributed by atoms with van der Waals surface area (Å²) in [4.78, 5) is 10.8. The number of aliphatic hydroxyl groups excluding tert-OH is 1. The fourth-order valence-corrected chi connectivity index (χ4v) is 0.779. The van der Waals surface area contributed by atoms with E-state index in [0.29, 0.717) is 5.69 Å². The number of nitrogens with zero attached hydrogens (tertiary/aromatic N) is 3. The van der Waals surface area contributed by atoms with Crippen molar-refractivity contribution in [3.63, 3.8) is 0 Å². The second-order valence-electron chi connectivity index (χ2n) is 2.59. The third kappa shape index (κ3) is 2.51. The van der Waals surface area contributed by atoms with Crippen molar-refractivity contribution in [2.75, 3.05) is 7.11 Å². The maximum atomic E-state index is 10.8. The summed E-state index contributed by atoms with van der Waals surface area (Å²) < 4.78 is 5.75. The van der Waals surface area contributed by atoms with Gasteiger partial charge in [0.05, 0.1) is 19.4 Å². The molecule has 0 aromatic carbocycles. The first-order chi connectivity index (χ1) is 6.13. The number of carbonyl (C=O) groups excluding carboxylic acids is 1. The normalized spacial score (nSPS) is 12.5. The number of methoxy groups -OCH3 is 1. The first-order valence-electron chi connectivity index (χ1n) is 3.78. The van der Waals surface area contributed by atoms with Gasteiger partial charge < -0.3 is 9.84 Å². The van der Waals surface area contributed by atoms with Gasteiger partial charge in [-0.2, -0.15) is 0 Å². The Labute approximate surface area is 75.1 Å². The van der Waals surface area contributed by atoms with Crippen LogP contribution in [-0.2, 0) is 16.1 Å². The molecule has 13 heavy (non-hydrogen) atoms. The minimum absolute atomic E-state index is 0.0101. The van der Waals surface area contributed by atoms with Gasteiger partial charge in [0.25, 0.3) is 0 Å². The van der Waals surface area contributed by atoms with Crippen molar-refractivity contribution < 1.29 is 14.6 Å². The van der Waals surface area contributed by atoms with E-state index < -0.39 is 12.1 Å². The molecule has 1 aromatic heterocycles. The van der Waals surface area contributed by atoms with Crippen LogP contribution in [0, 0.1) is 0 Å². The molecule has 0 aliphatic carbocycles. The Balaban J connectivity index is 2.64. The third-order valence-corrected chi connectivity index (χ3v) is 1.50. The molecule has 0 aliphatic rings. The van der Waals surface area contributed by atoms with E-state index >= 15 is 0 Å². The van der Waals surface area contributed by atoms with Gasteiger partial charge in [-0.25, -0.2) is 4.68 Å². The monoisotopic (exact) mass is 185 g/mol. The molecule has 0 spiro atoms. The van der Waals surface area contributed by atoms with Gasteiger partial charge in [-0.05, 0) is 6.92 Å². The molecule has 1 aromatic rings. The SMILES string of the molecule is COC(=O)Cn1cc(C(C)O)nn1. The number of carbonyl (C=O) groups is 1. The van der Waals surface area contributed by atoms with E-state index in [4.69, 9.17) is 5.11 Å². The largest absolute Gasteiger partial charge is 0.468 e. The van der Waals surface area contributed by atoms with Crippen LogP contribution >= 0.6 is 0 Å². The van der Waals surface area contributed by atoms with Crippen molar-refractivity contribution in [3.8, 4) is 0 Å². The molecule has 0 fully saturated rings. The summed E-state index contributed by atoms with van der Waals surface area (Å²) in [6.07, 6.45) is 0.827. The summed E-state index contributed by atoms with van der Waals surface area (Å²) in [5, 5.41) is 16.4. The summed E-state index contributed by atoms with van der Waals surface area (Å²) in [6.45, 7) is 1.59. The number of esters is 1. The van der Waals surface area contributed by atoms with E-state index in [1.807, 2.05) is 0 Å². The lowest BCUT2D eigenvalue weighted by atomic mass is 10.3. The maximum Gasteiger partial charge on any atom is 0.327 e. The zero-order chi connectivity index (χ0) is 9.84. The van der Waals surface area contributed by atoms with Gasteiger partial charge in [-0.3, -0.25) is 4.79 Å². The minimum Gasteiger partial charge on any atom is -0.468 e. The first kappa shape index (κ1) is 9.66. The molecule has 72 valence electrons. The van der Waals surface area contributed by atoms with Gasteiger partial charge in [0.2, 0.25) is 0 Å². The van der Waals surface area contributed by atoms with Crippen LogP contribution in [0.3, 0.4) is 0 Å².